The number of oxazole rings is 1. The van der Waals surface area contributed by atoms with Crippen LogP contribution in [0, 0.1) is 17.6 Å². The lowest BCUT2D eigenvalue weighted by Crippen LogP contribution is -2.11. The number of hydrogen-bond donors (Lipinski definition) is 1. The van der Waals surface area contributed by atoms with Gasteiger partial charge in [-0.1, -0.05) is 0 Å². The molecule has 0 saturated carbocycles. The first-order valence-electron chi connectivity index (χ1n) is 5.09. The Morgan fingerprint density at radius 2 is 2.17 bits per heavy atom. The first-order chi connectivity index (χ1) is 8.69. The number of thioether (sulfide) groups is 1. The second kappa shape index (κ2) is 5.38. The Labute approximate surface area is 108 Å². The van der Waals surface area contributed by atoms with Crippen LogP contribution in [0.15, 0.2) is 39.8 Å². The molecule has 1 aromatic carbocycles. The largest absolute Gasteiger partial charge is 0.438 e. The average molecular weight is 259 g/mol. The zero-order valence-corrected chi connectivity index (χ0v) is 10.3. The molecule has 1 amide bonds. The van der Waals surface area contributed by atoms with Gasteiger partial charge >= 0.3 is 5.91 Å². The van der Waals surface area contributed by atoms with Gasteiger partial charge in [-0.25, -0.2) is 4.98 Å². The zero-order chi connectivity index (χ0) is 13.0. The monoisotopic (exact) mass is 259 g/mol. The van der Waals surface area contributed by atoms with E-state index in [-0.39, 0.29) is 5.89 Å². The van der Waals surface area contributed by atoms with Gasteiger partial charge in [0.2, 0.25) is 0 Å². The summed E-state index contributed by atoms with van der Waals surface area (Å²) in [6.45, 7) is 1.72. The normalized spacial score (nSPS) is 9.78. The highest BCUT2D eigenvalue weighted by Gasteiger charge is 2.11. The van der Waals surface area contributed by atoms with Crippen molar-refractivity contribution in [2.75, 3.05) is 5.32 Å². The van der Waals surface area contributed by atoms with Gasteiger partial charge in [-0.3, -0.25) is 4.79 Å². The van der Waals surface area contributed by atoms with Crippen molar-refractivity contribution in [3.63, 3.8) is 0 Å². The minimum absolute atomic E-state index is 0.0305. The molecule has 0 unspecified atom stereocenters. The van der Waals surface area contributed by atoms with Crippen molar-refractivity contribution in [3.8, 4) is 5.40 Å². The van der Waals surface area contributed by atoms with Gasteiger partial charge in [0.25, 0.3) is 5.89 Å². The lowest BCUT2D eigenvalue weighted by molar-refractivity contribution is 0.0989. The highest BCUT2D eigenvalue weighted by atomic mass is 32.2. The molecule has 0 aliphatic heterocycles. The van der Waals surface area contributed by atoms with Gasteiger partial charge in [0.15, 0.2) is 0 Å². The smallest absolute Gasteiger partial charge is 0.311 e. The number of carbonyl (C=O) groups is 1. The predicted octanol–water partition coefficient (Wildman–Crippen LogP) is 2.81. The maximum absolute atomic E-state index is 11.7. The van der Waals surface area contributed by atoms with Gasteiger partial charge in [0.05, 0.1) is 6.20 Å². The van der Waals surface area contributed by atoms with E-state index in [4.69, 9.17) is 9.68 Å². The fraction of sp³-hybridized carbons (Fsp3) is 0.0833. The molecule has 2 aromatic rings. The summed E-state index contributed by atoms with van der Waals surface area (Å²) < 4.78 is 5.11. The van der Waals surface area contributed by atoms with Gasteiger partial charge < -0.3 is 9.73 Å². The van der Waals surface area contributed by atoms with Crippen molar-refractivity contribution >= 4 is 23.4 Å². The van der Waals surface area contributed by atoms with Crippen LogP contribution in [0.2, 0.25) is 0 Å². The molecule has 18 heavy (non-hydrogen) atoms. The van der Waals surface area contributed by atoms with Gasteiger partial charge in [-0.15, -0.1) is 0 Å². The number of nitrogens with one attached hydrogen (secondary N) is 1. The molecule has 6 heteroatoms. The van der Waals surface area contributed by atoms with Crippen molar-refractivity contribution < 1.29 is 9.21 Å². The molecule has 2 rings (SSSR count). The Balaban J connectivity index is 2.05. The topological polar surface area (TPSA) is 78.9 Å². The molecule has 1 aromatic heterocycles. The molecule has 5 nitrogen and oxygen atoms in total. The maximum Gasteiger partial charge on any atom is 0.311 e. The van der Waals surface area contributed by atoms with E-state index in [0.29, 0.717) is 11.4 Å². The number of rotatable bonds is 3. The van der Waals surface area contributed by atoms with Crippen LogP contribution in [0.5, 0.6) is 0 Å². The number of anilines is 1. The fourth-order valence-corrected chi connectivity index (χ4v) is 1.68. The van der Waals surface area contributed by atoms with Crippen LogP contribution < -0.4 is 5.32 Å². The number of nitriles is 1. The first kappa shape index (κ1) is 12.2. The lowest BCUT2D eigenvalue weighted by Gasteiger charge is -2.02. The SMILES string of the molecule is Cc1cnc(C(=O)Nc2ccc(SC#N)cc2)o1. The minimum Gasteiger partial charge on any atom is -0.438 e. The van der Waals surface area contributed by atoms with E-state index in [1.54, 1.807) is 31.2 Å². The molecule has 0 aliphatic carbocycles. The number of benzene rings is 1. The van der Waals surface area contributed by atoms with Crippen LogP contribution >= 0.6 is 11.8 Å². The first-order valence-corrected chi connectivity index (χ1v) is 5.90. The van der Waals surface area contributed by atoms with Crippen LogP contribution in [-0.4, -0.2) is 10.9 Å². The lowest BCUT2D eigenvalue weighted by atomic mass is 10.3. The van der Waals surface area contributed by atoms with Gasteiger partial charge in [-0.05, 0) is 43.0 Å². The van der Waals surface area contributed by atoms with Gasteiger partial charge in [0.1, 0.15) is 11.2 Å². The van der Waals surface area contributed by atoms with Crippen LogP contribution in [0.25, 0.3) is 0 Å². The van der Waals surface area contributed by atoms with Crippen molar-refractivity contribution in [2.45, 2.75) is 11.8 Å². The predicted molar refractivity (Wildman–Crippen MR) is 67.1 cm³/mol. The minimum atomic E-state index is -0.399. The van der Waals surface area contributed by atoms with E-state index in [9.17, 15) is 4.79 Å². The van der Waals surface area contributed by atoms with Crippen LogP contribution in [0.1, 0.15) is 16.4 Å². The van der Waals surface area contributed by atoms with E-state index in [0.717, 1.165) is 16.7 Å². The number of nitrogens with zero attached hydrogens (tertiary/aromatic N) is 2. The number of amides is 1. The van der Waals surface area contributed by atoms with Crippen molar-refractivity contribution in [1.82, 2.24) is 4.98 Å². The van der Waals surface area contributed by atoms with Crippen molar-refractivity contribution in [3.05, 3.63) is 42.1 Å². The highest BCUT2D eigenvalue weighted by Crippen LogP contribution is 2.19. The number of thiocyanates is 1. The summed E-state index contributed by atoms with van der Waals surface area (Å²) in [4.78, 5) is 16.4. The standard InChI is InChI=1S/C12H9N3O2S/c1-8-6-14-12(17-8)11(16)15-9-2-4-10(5-3-9)18-7-13/h2-6H,1H3,(H,15,16). The molecule has 90 valence electrons. The van der Waals surface area contributed by atoms with Crippen LogP contribution in [-0.2, 0) is 0 Å². The molecule has 0 aliphatic rings. The van der Waals surface area contributed by atoms with E-state index in [1.807, 2.05) is 5.40 Å². The Morgan fingerprint density at radius 1 is 1.44 bits per heavy atom. The molecule has 0 bridgehead atoms. The van der Waals surface area contributed by atoms with Crippen LogP contribution in [0.4, 0.5) is 5.69 Å². The number of carbonyl (C=O) groups excluding carboxylic acids is 1. The third-order valence-electron chi connectivity index (χ3n) is 2.09. The molecule has 1 N–H and O–H groups in total. The molecule has 0 saturated heterocycles. The third-order valence-corrected chi connectivity index (χ3v) is 2.69. The molecule has 0 atom stereocenters. The maximum atomic E-state index is 11.7. The van der Waals surface area contributed by atoms with Crippen LogP contribution in [0.3, 0.4) is 0 Å². The van der Waals surface area contributed by atoms with E-state index in [1.165, 1.54) is 6.20 Å². The number of hydrogen-bond acceptors (Lipinski definition) is 5. The second-order valence-corrected chi connectivity index (χ2v) is 4.31. The Bertz CT molecular complexity index is 599. The van der Waals surface area contributed by atoms with Gasteiger partial charge in [-0.2, -0.15) is 5.26 Å². The zero-order valence-electron chi connectivity index (χ0n) is 9.51. The summed E-state index contributed by atoms with van der Waals surface area (Å²) in [6, 6.07) is 6.94. The molecule has 1 heterocycles. The van der Waals surface area contributed by atoms with Gasteiger partial charge in [0, 0.05) is 10.6 Å². The third kappa shape index (κ3) is 2.90. The molecular formula is C12H9N3O2S. The average Bonchev–Trinajstić information content (AvgIpc) is 2.79. The molecule has 0 spiro atoms. The summed E-state index contributed by atoms with van der Waals surface area (Å²) in [5.41, 5.74) is 0.623. The second-order valence-electron chi connectivity index (χ2n) is 3.45. The summed E-state index contributed by atoms with van der Waals surface area (Å²) >= 11 is 1.06. The molecular weight excluding hydrogens is 250 g/mol. The molecule has 0 radical (unpaired) electrons. The highest BCUT2D eigenvalue weighted by molar-refractivity contribution is 8.03. The van der Waals surface area contributed by atoms with E-state index in [2.05, 4.69) is 10.3 Å². The summed E-state index contributed by atoms with van der Waals surface area (Å²) in [5, 5.41) is 13.1. The number of aromatic nitrogens is 1. The quantitative estimate of drug-likeness (QED) is 0.677. The Hall–Kier alpha value is -2.26. The van der Waals surface area contributed by atoms with Crippen molar-refractivity contribution in [1.29, 1.82) is 5.26 Å². The Morgan fingerprint density at radius 3 is 2.72 bits per heavy atom. The van der Waals surface area contributed by atoms with E-state index < -0.39 is 5.91 Å². The number of aryl methyl sites for hydroxylation is 1. The summed E-state index contributed by atoms with van der Waals surface area (Å²) in [5.74, 6) is 0.215. The van der Waals surface area contributed by atoms with E-state index >= 15 is 0 Å². The summed E-state index contributed by atoms with van der Waals surface area (Å²) in [7, 11) is 0. The Kier molecular flexibility index (Phi) is 3.65. The fourth-order valence-electron chi connectivity index (χ4n) is 1.30. The summed E-state index contributed by atoms with van der Waals surface area (Å²) in [6.07, 6.45) is 1.49. The van der Waals surface area contributed by atoms with Crippen molar-refractivity contribution in [2.24, 2.45) is 0 Å². The molecule has 0 fully saturated rings.